The lowest BCUT2D eigenvalue weighted by Crippen LogP contribution is -2.00. The fourth-order valence-electron chi connectivity index (χ4n) is 2.31. The summed E-state index contributed by atoms with van der Waals surface area (Å²) in [5.41, 5.74) is 2.82. The lowest BCUT2D eigenvalue weighted by molar-refractivity contribution is 0.618. The molecule has 0 saturated heterocycles. The van der Waals surface area contributed by atoms with Gasteiger partial charge in [-0.05, 0) is 53.1 Å². The summed E-state index contributed by atoms with van der Waals surface area (Å²) in [6, 6.07) is 19.8. The zero-order valence-corrected chi connectivity index (χ0v) is 11.4. The Bertz CT molecular complexity index is 749. The number of halogens is 1. The second-order valence-corrected chi connectivity index (χ2v) is 5.00. The second-order valence-electron chi connectivity index (χ2n) is 5.00. The maximum Gasteiger partial charge on any atom is 0.126 e. The van der Waals surface area contributed by atoms with E-state index in [1.54, 1.807) is 13.0 Å². The highest BCUT2D eigenvalue weighted by molar-refractivity contribution is 5.83. The van der Waals surface area contributed by atoms with Crippen LogP contribution in [-0.4, -0.2) is 0 Å². The summed E-state index contributed by atoms with van der Waals surface area (Å²) in [6.07, 6.45) is 0. The van der Waals surface area contributed by atoms with E-state index in [2.05, 4.69) is 35.6 Å². The van der Waals surface area contributed by atoms with Crippen molar-refractivity contribution in [3.8, 4) is 0 Å². The van der Waals surface area contributed by atoms with Crippen LogP contribution >= 0.6 is 0 Å². The maximum atomic E-state index is 13.2. The Hall–Kier alpha value is -2.35. The van der Waals surface area contributed by atoms with E-state index >= 15 is 0 Å². The van der Waals surface area contributed by atoms with Gasteiger partial charge in [-0.1, -0.05) is 36.4 Å². The first-order chi connectivity index (χ1) is 9.72. The van der Waals surface area contributed by atoms with Crippen LogP contribution in [0, 0.1) is 12.7 Å². The van der Waals surface area contributed by atoms with E-state index in [1.807, 2.05) is 18.2 Å². The van der Waals surface area contributed by atoms with Crippen LogP contribution in [0.1, 0.15) is 11.1 Å². The Morgan fingerprint density at radius 1 is 0.900 bits per heavy atom. The molecular formula is C18H16FN. The molecule has 3 aromatic rings. The van der Waals surface area contributed by atoms with Crippen molar-refractivity contribution in [3.05, 3.63) is 77.6 Å². The first-order valence-electron chi connectivity index (χ1n) is 6.70. The Morgan fingerprint density at radius 3 is 2.50 bits per heavy atom. The van der Waals surface area contributed by atoms with Gasteiger partial charge in [-0.15, -0.1) is 0 Å². The van der Waals surface area contributed by atoms with Crippen molar-refractivity contribution >= 4 is 16.5 Å². The van der Waals surface area contributed by atoms with Gasteiger partial charge in [0.05, 0.1) is 0 Å². The minimum Gasteiger partial charge on any atom is -0.381 e. The molecule has 0 fully saturated rings. The SMILES string of the molecule is Cc1cc(NCc2ccc3ccccc3c2)ccc1F. The molecule has 0 atom stereocenters. The zero-order chi connectivity index (χ0) is 13.9. The van der Waals surface area contributed by atoms with Gasteiger partial charge in [-0.2, -0.15) is 0 Å². The molecule has 0 saturated carbocycles. The fraction of sp³-hybridized carbons (Fsp3) is 0.111. The monoisotopic (exact) mass is 265 g/mol. The van der Waals surface area contributed by atoms with E-state index in [0.29, 0.717) is 5.56 Å². The molecule has 0 aromatic heterocycles. The number of benzene rings is 3. The van der Waals surface area contributed by atoms with Gasteiger partial charge < -0.3 is 5.32 Å². The summed E-state index contributed by atoms with van der Waals surface area (Å²) in [5, 5.41) is 5.81. The van der Waals surface area contributed by atoms with Gasteiger partial charge in [0.1, 0.15) is 5.82 Å². The first kappa shape index (κ1) is 12.7. The predicted octanol–water partition coefficient (Wildman–Crippen LogP) is 4.90. The van der Waals surface area contributed by atoms with Crippen LogP contribution in [-0.2, 0) is 6.54 Å². The second kappa shape index (κ2) is 5.33. The summed E-state index contributed by atoms with van der Waals surface area (Å²) < 4.78 is 13.2. The summed E-state index contributed by atoms with van der Waals surface area (Å²) in [4.78, 5) is 0. The van der Waals surface area contributed by atoms with Gasteiger partial charge in [-0.25, -0.2) is 4.39 Å². The summed E-state index contributed by atoms with van der Waals surface area (Å²) in [5.74, 6) is -0.166. The van der Waals surface area contributed by atoms with Crippen LogP contribution in [0.25, 0.3) is 10.8 Å². The first-order valence-corrected chi connectivity index (χ1v) is 6.70. The molecular weight excluding hydrogens is 249 g/mol. The van der Waals surface area contributed by atoms with E-state index in [0.717, 1.165) is 12.2 Å². The van der Waals surface area contributed by atoms with Crippen LogP contribution < -0.4 is 5.32 Å². The molecule has 0 bridgehead atoms. The minimum absolute atomic E-state index is 0.166. The Labute approximate surface area is 118 Å². The molecule has 3 aromatic carbocycles. The van der Waals surface area contributed by atoms with E-state index in [9.17, 15) is 4.39 Å². The molecule has 2 heteroatoms. The third-order valence-electron chi connectivity index (χ3n) is 3.47. The number of fused-ring (bicyclic) bond motifs is 1. The van der Waals surface area contributed by atoms with Crippen molar-refractivity contribution < 1.29 is 4.39 Å². The van der Waals surface area contributed by atoms with Crippen molar-refractivity contribution in [1.82, 2.24) is 0 Å². The number of hydrogen-bond donors (Lipinski definition) is 1. The third kappa shape index (κ3) is 2.64. The molecule has 0 aliphatic heterocycles. The normalized spacial score (nSPS) is 10.7. The van der Waals surface area contributed by atoms with Crippen molar-refractivity contribution in [2.24, 2.45) is 0 Å². The minimum atomic E-state index is -0.166. The molecule has 0 aliphatic rings. The van der Waals surface area contributed by atoms with E-state index in [4.69, 9.17) is 0 Å². The van der Waals surface area contributed by atoms with Crippen LogP contribution in [0.15, 0.2) is 60.7 Å². The topological polar surface area (TPSA) is 12.0 Å². The van der Waals surface area contributed by atoms with Gasteiger partial charge in [0.2, 0.25) is 0 Å². The van der Waals surface area contributed by atoms with Gasteiger partial charge in [0.15, 0.2) is 0 Å². The van der Waals surface area contributed by atoms with Crippen LogP contribution in [0.3, 0.4) is 0 Å². The molecule has 0 radical (unpaired) electrons. The third-order valence-corrected chi connectivity index (χ3v) is 3.47. The van der Waals surface area contributed by atoms with Gasteiger partial charge in [0.25, 0.3) is 0 Å². The molecule has 1 N–H and O–H groups in total. The molecule has 20 heavy (non-hydrogen) atoms. The molecule has 0 aliphatic carbocycles. The lowest BCUT2D eigenvalue weighted by Gasteiger charge is -2.09. The molecule has 0 spiro atoms. The number of aryl methyl sites for hydroxylation is 1. The van der Waals surface area contributed by atoms with Crippen molar-refractivity contribution in [2.45, 2.75) is 13.5 Å². The number of nitrogens with one attached hydrogen (secondary N) is 1. The molecule has 3 rings (SSSR count). The van der Waals surface area contributed by atoms with Crippen LogP contribution in [0.2, 0.25) is 0 Å². The zero-order valence-electron chi connectivity index (χ0n) is 11.4. The maximum absolute atomic E-state index is 13.2. The fourth-order valence-corrected chi connectivity index (χ4v) is 2.31. The average Bonchev–Trinajstić information content (AvgIpc) is 2.48. The van der Waals surface area contributed by atoms with Gasteiger partial charge >= 0.3 is 0 Å². The van der Waals surface area contributed by atoms with Crippen LogP contribution in [0.4, 0.5) is 10.1 Å². The molecule has 0 amide bonds. The summed E-state index contributed by atoms with van der Waals surface area (Å²) in [7, 11) is 0. The van der Waals surface area contributed by atoms with Crippen molar-refractivity contribution in [3.63, 3.8) is 0 Å². The molecule has 0 unspecified atom stereocenters. The van der Waals surface area contributed by atoms with E-state index < -0.39 is 0 Å². The highest BCUT2D eigenvalue weighted by atomic mass is 19.1. The van der Waals surface area contributed by atoms with Crippen molar-refractivity contribution in [1.29, 1.82) is 0 Å². The van der Waals surface area contributed by atoms with Gasteiger partial charge in [0, 0.05) is 12.2 Å². The highest BCUT2D eigenvalue weighted by Gasteiger charge is 2.00. The summed E-state index contributed by atoms with van der Waals surface area (Å²) in [6.45, 7) is 2.51. The Balaban J connectivity index is 1.77. The Kier molecular flexibility index (Phi) is 3.38. The van der Waals surface area contributed by atoms with Gasteiger partial charge in [-0.3, -0.25) is 0 Å². The number of anilines is 1. The largest absolute Gasteiger partial charge is 0.381 e. The van der Waals surface area contributed by atoms with Crippen LogP contribution in [0.5, 0.6) is 0 Å². The molecule has 1 nitrogen and oxygen atoms in total. The predicted molar refractivity (Wildman–Crippen MR) is 82.4 cm³/mol. The highest BCUT2D eigenvalue weighted by Crippen LogP contribution is 2.18. The standard InChI is InChI=1S/C18H16FN/c1-13-10-17(8-9-18(13)19)20-12-14-6-7-15-4-2-3-5-16(15)11-14/h2-11,20H,12H2,1H3. The lowest BCUT2D eigenvalue weighted by atomic mass is 10.1. The van der Waals surface area contributed by atoms with E-state index in [-0.39, 0.29) is 5.82 Å². The smallest absolute Gasteiger partial charge is 0.126 e. The summed E-state index contributed by atoms with van der Waals surface area (Å²) >= 11 is 0. The average molecular weight is 265 g/mol. The van der Waals surface area contributed by atoms with E-state index in [1.165, 1.54) is 22.4 Å². The molecule has 0 heterocycles. The van der Waals surface area contributed by atoms with Crippen molar-refractivity contribution in [2.75, 3.05) is 5.32 Å². The number of hydrogen-bond acceptors (Lipinski definition) is 1. The number of rotatable bonds is 3. The quantitative estimate of drug-likeness (QED) is 0.710. The molecule has 100 valence electrons. The Morgan fingerprint density at radius 2 is 1.70 bits per heavy atom.